The third-order valence-corrected chi connectivity index (χ3v) is 5.48. The maximum Gasteiger partial charge on any atom is 0.231 e. The number of hydrogen-bond donors (Lipinski definition) is 0. The van der Waals surface area contributed by atoms with Crippen molar-refractivity contribution in [2.24, 2.45) is 0 Å². The summed E-state index contributed by atoms with van der Waals surface area (Å²) in [6.45, 7) is 4.94. The molecule has 3 heterocycles. The van der Waals surface area contributed by atoms with Crippen LogP contribution in [0.3, 0.4) is 0 Å². The Balaban J connectivity index is 1.54. The highest BCUT2D eigenvalue weighted by atomic mass is 16.7. The van der Waals surface area contributed by atoms with E-state index < -0.39 is 0 Å². The Morgan fingerprint density at radius 2 is 1.71 bits per heavy atom. The molecule has 5 rings (SSSR count). The van der Waals surface area contributed by atoms with Crippen LogP contribution in [0.1, 0.15) is 6.92 Å². The third-order valence-electron chi connectivity index (χ3n) is 5.48. The summed E-state index contributed by atoms with van der Waals surface area (Å²) in [4.78, 5) is 20.6. The molecule has 0 saturated carbocycles. The van der Waals surface area contributed by atoms with Gasteiger partial charge in [0.25, 0.3) is 0 Å². The number of hydrogen-bond acceptors (Lipinski definition) is 5. The fraction of sp³-hybridized carbons (Fsp3) is 0.273. The summed E-state index contributed by atoms with van der Waals surface area (Å²) in [6, 6.07) is 14.3. The van der Waals surface area contributed by atoms with Crippen LogP contribution < -0.4 is 14.4 Å². The molecule has 2 aliphatic heterocycles. The van der Waals surface area contributed by atoms with E-state index in [1.165, 1.54) is 0 Å². The second kappa shape index (κ2) is 6.71. The summed E-state index contributed by atoms with van der Waals surface area (Å²) in [7, 11) is 0. The Labute approximate surface area is 163 Å². The van der Waals surface area contributed by atoms with Crippen LogP contribution in [0.4, 0.5) is 5.82 Å². The first-order chi connectivity index (χ1) is 13.7. The number of pyridine rings is 1. The van der Waals surface area contributed by atoms with E-state index in [0.717, 1.165) is 65.4 Å². The number of amides is 1. The first-order valence-corrected chi connectivity index (χ1v) is 9.49. The van der Waals surface area contributed by atoms with Crippen molar-refractivity contribution in [1.82, 2.24) is 9.88 Å². The Bertz CT molecular complexity index is 1060. The SMILES string of the molecule is CC(=O)N1CCN(c2ncc(-c3ccc4c(c3)OCO4)c3ccccc23)CC1. The quantitative estimate of drug-likeness (QED) is 0.688. The minimum atomic E-state index is 0.135. The van der Waals surface area contributed by atoms with Crippen LogP contribution in [-0.4, -0.2) is 48.8 Å². The van der Waals surface area contributed by atoms with Gasteiger partial charge in [0.05, 0.1) is 0 Å². The number of rotatable bonds is 2. The topological polar surface area (TPSA) is 54.9 Å². The molecule has 0 unspecified atom stereocenters. The number of piperazine rings is 1. The van der Waals surface area contributed by atoms with Crippen molar-refractivity contribution in [3.63, 3.8) is 0 Å². The summed E-state index contributed by atoms with van der Waals surface area (Å²) >= 11 is 0. The fourth-order valence-corrected chi connectivity index (χ4v) is 3.96. The number of carbonyl (C=O) groups is 1. The molecule has 2 aliphatic rings. The van der Waals surface area contributed by atoms with Crippen molar-refractivity contribution in [3.8, 4) is 22.6 Å². The molecule has 1 aromatic heterocycles. The van der Waals surface area contributed by atoms with Crippen LogP contribution in [0, 0.1) is 0 Å². The summed E-state index contributed by atoms with van der Waals surface area (Å²) in [5.41, 5.74) is 2.13. The van der Waals surface area contributed by atoms with Gasteiger partial charge in [-0.05, 0) is 23.1 Å². The molecule has 0 radical (unpaired) electrons. The van der Waals surface area contributed by atoms with Crippen LogP contribution in [0.15, 0.2) is 48.7 Å². The smallest absolute Gasteiger partial charge is 0.231 e. The van der Waals surface area contributed by atoms with E-state index in [9.17, 15) is 4.79 Å². The van der Waals surface area contributed by atoms with Crippen LogP contribution in [0.25, 0.3) is 21.9 Å². The van der Waals surface area contributed by atoms with Gasteiger partial charge in [0, 0.05) is 50.2 Å². The zero-order chi connectivity index (χ0) is 19.1. The van der Waals surface area contributed by atoms with E-state index >= 15 is 0 Å². The summed E-state index contributed by atoms with van der Waals surface area (Å²) in [5, 5.41) is 2.27. The third kappa shape index (κ3) is 2.81. The number of ether oxygens (including phenoxy) is 2. The van der Waals surface area contributed by atoms with Gasteiger partial charge in [0.15, 0.2) is 11.5 Å². The molecule has 0 atom stereocenters. The zero-order valence-electron chi connectivity index (χ0n) is 15.7. The Hall–Kier alpha value is -3.28. The molecule has 142 valence electrons. The standard InChI is InChI=1S/C22H21N3O3/c1-15(26)24-8-10-25(11-9-24)22-18-5-3-2-4-17(18)19(13-23-22)16-6-7-20-21(12-16)28-14-27-20/h2-7,12-13H,8-11,14H2,1H3. The van der Waals surface area contributed by atoms with Crippen molar-refractivity contribution in [3.05, 3.63) is 48.7 Å². The largest absolute Gasteiger partial charge is 0.454 e. The molecule has 1 fully saturated rings. The minimum Gasteiger partial charge on any atom is -0.454 e. The molecule has 1 amide bonds. The van der Waals surface area contributed by atoms with Crippen molar-refractivity contribution < 1.29 is 14.3 Å². The van der Waals surface area contributed by atoms with Gasteiger partial charge in [0.1, 0.15) is 5.82 Å². The Morgan fingerprint density at radius 3 is 2.50 bits per heavy atom. The second-order valence-corrected chi connectivity index (χ2v) is 7.10. The Morgan fingerprint density at radius 1 is 0.964 bits per heavy atom. The van der Waals surface area contributed by atoms with E-state index in [4.69, 9.17) is 14.5 Å². The number of nitrogens with zero attached hydrogens (tertiary/aromatic N) is 3. The predicted molar refractivity (Wildman–Crippen MR) is 108 cm³/mol. The summed E-state index contributed by atoms with van der Waals surface area (Å²) in [5.74, 6) is 2.66. The monoisotopic (exact) mass is 375 g/mol. The number of carbonyl (C=O) groups excluding carboxylic acids is 1. The van der Waals surface area contributed by atoms with Gasteiger partial charge in [-0.25, -0.2) is 4.98 Å². The number of anilines is 1. The molecular weight excluding hydrogens is 354 g/mol. The van der Waals surface area contributed by atoms with E-state index in [1.807, 2.05) is 35.4 Å². The Kier molecular flexibility index (Phi) is 4.04. The lowest BCUT2D eigenvalue weighted by atomic mass is 9.99. The molecule has 0 spiro atoms. The first kappa shape index (κ1) is 16.9. The van der Waals surface area contributed by atoms with Crippen molar-refractivity contribution in [2.45, 2.75) is 6.92 Å². The first-order valence-electron chi connectivity index (χ1n) is 9.49. The molecule has 1 saturated heterocycles. The van der Waals surface area contributed by atoms with Crippen LogP contribution in [0.5, 0.6) is 11.5 Å². The second-order valence-electron chi connectivity index (χ2n) is 7.10. The zero-order valence-corrected chi connectivity index (χ0v) is 15.7. The highest BCUT2D eigenvalue weighted by Gasteiger charge is 2.22. The van der Waals surface area contributed by atoms with Crippen LogP contribution in [-0.2, 0) is 4.79 Å². The van der Waals surface area contributed by atoms with Crippen molar-refractivity contribution >= 4 is 22.5 Å². The number of benzene rings is 2. The number of aromatic nitrogens is 1. The highest BCUT2D eigenvalue weighted by molar-refractivity contribution is 6.02. The van der Waals surface area contributed by atoms with Gasteiger partial charge in [-0.1, -0.05) is 30.3 Å². The summed E-state index contributed by atoms with van der Waals surface area (Å²) < 4.78 is 11.0. The van der Waals surface area contributed by atoms with Gasteiger partial charge in [0.2, 0.25) is 12.7 Å². The lowest BCUT2D eigenvalue weighted by molar-refractivity contribution is -0.129. The van der Waals surface area contributed by atoms with E-state index in [0.29, 0.717) is 0 Å². The fourth-order valence-electron chi connectivity index (χ4n) is 3.96. The molecule has 3 aromatic rings. The average Bonchev–Trinajstić information content (AvgIpc) is 3.21. The van der Waals surface area contributed by atoms with Gasteiger partial charge in [-0.2, -0.15) is 0 Å². The molecular formula is C22H21N3O3. The molecule has 28 heavy (non-hydrogen) atoms. The lowest BCUT2D eigenvalue weighted by Gasteiger charge is -2.35. The maximum atomic E-state index is 11.6. The van der Waals surface area contributed by atoms with Gasteiger partial charge < -0.3 is 19.3 Å². The molecule has 0 bridgehead atoms. The van der Waals surface area contributed by atoms with E-state index in [1.54, 1.807) is 6.92 Å². The van der Waals surface area contributed by atoms with Gasteiger partial charge >= 0.3 is 0 Å². The minimum absolute atomic E-state index is 0.135. The number of fused-ring (bicyclic) bond motifs is 2. The van der Waals surface area contributed by atoms with E-state index in [2.05, 4.69) is 23.1 Å². The molecule has 6 nitrogen and oxygen atoms in total. The average molecular weight is 375 g/mol. The van der Waals surface area contributed by atoms with Crippen LogP contribution >= 0.6 is 0 Å². The van der Waals surface area contributed by atoms with Crippen molar-refractivity contribution in [1.29, 1.82) is 0 Å². The van der Waals surface area contributed by atoms with E-state index in [-0.39, 0.29) is 12.7 Å². The maximum absolute atomic E-state index is 11.6. The molecule has 6 heteroatoms. The van der Waals surface area contributed by atoms with Gasteiger partial charge in [-0.15, -0.1) is 0 Å². The van der Waals surface area contributed by atoms with Crippen LogP contribution in [0.2, 0.25) is 0 Å². The van der Waals surface area contributed by atoms with Gasteiger partial charge in [-0.3, -0.25) is 4.79 Å². The van der Waals surface area contributed by atoms with Crippen molar-refractivity contribution in [2.75, 3.05) is 37.9 Å². The summed E-state index contributed by atoms with van der Waals surface area (Å²) in [6.07, 6.45) is 1.94. The molecule has 2 aromatic carbocycles. The normalized spacial score (nSPS) is 15.9. The molecule has 0 aliphatic carbocycles. The predicted octanol–water partition coefficient (Wildman–Crippen LogP) is 3.30. The highest BCUT2D eigenvalue weighted by Crippen LogP contribution is 2.39. The molecule has 0 N–H and O–H groups in total. The lowest BCUT2D eigenvalue weighted by Crippen LogP contribution is -2.48.